The van der Waals surface area contributed by atoms with E-state index in [0.29, 0.717) is 18.2 Å². The molecule has 4 nitrogen and oxygen atoms in total. The van der Waals surface area contributed by atoms with Crippen molar-refractivity contribution >= 4 is 6.29 Å². The normalized spacial score (nSPS) is 17.9. The van der Waals surface area contributed by atoms with Crippen LogP contribution in [0.1, 0.15) is 23.7 Å². The van der Waals surface area contributed by atoms with Gasteiger partial charge in [0.2, 0.25) is 0 Å². The quantitative estimate of drug-likeness (QED) is 0.736. The summed E-state index contributed by atoms with van der Waals surface area (Å²) in [6.07, 6.45) is 1.83. The highest BCUT2D eigenvalue weighted by molar-refractivity contribution is 5.74. The van der Waals surface area contributed by atoms with Crippen LogP contribution >= 0.6 is 0 Å². The summed E-state index contributed by atoms with van der Waals surface area (Å²) in [6.45, 7) is 6.60. The summed E-state index contributed by atoms with van der Waals surface area (Å²) in [5.41, 5.74) is 0.675. The third-order valence-electron chi connectivity index (χ3n) is 3.49. The molecule has 0 aromatic heterocycles. The van der Waals surface area contributed by atoms with E-state index in [1.807, 2.05) is 12.1 Å². The first-order valence-corrected chi connectivity index (χ1v) is 6.79. The largest absolute Gasteiger partial charge is 0.494 e. The lowest BCUT2D eigenvalue weighted by atomic mass is 10.2. The van der Waals surface area contributed by atoms with Crippen LogP contribution in [0.15, 0.2) is 24.3 Å². The maximum absolute atomic E-state index is 10.5. The van der Waals surface area contributed by atoms with Gasteiger partial charge in [0, 0.05) is 24.7 Å². The van der Waals surface area contributed by atoms with Gasteiger partial charge in [-0.3, -0.25) is 9.69 Å². The fourth-order valence-corrected chi connectivity index (χ4v) is 2.19. The molecule has 1 unspecified atom stereocenters. The van der Waals surface area contributed by atoms with Crippen LogP contribution in [0.2, 0.25) is 0 Å². The highest BCUT2D eigenvalue weighted by Crippen LogP contribution is 2.13. The highest BCUT2D eigenvalue weighted by atomic mass is 16.5. The van der Waals surface area contributed by atoms with Crippen LogP contribution in [0.4, 0.5) is 0 Å². The van der Waals surface area contributed by atoms with Crippen LogP contribution in [0.25, 0.3) is 0 Å². The average molecular weight is 263 g/mol. The molecule has 104 valence electrons. The lowest BCUT2D eigenvalue weighted by molar-refractivity contribution is 0.0161. The predicted octanol–water partition coefficient (Wildman–Crippen LogP) is 1.99. The summed E-state index contributed by atoms with van der Waals surface area (Å²) >= 11 is 0. The van der Waals surface area contributed by atoms with E-state index in [0.717, 1.165) is 44.8 Å². The monoisotopic (exact) mass is 263 g/mol. The van der Waals surface area contributed by atoms with Gasteiger partial charge in [-0.1, -0.05) is 0 Å². The minimum absolute atomic E-state index is 0.512. The number of benzene rings is 1. The van der Waals surface area contributed by atoms with Crippen LogP contribution in [0, 0.1) is 0 Å². The Morgan fingerprint density at radius 1 is 1.32 bits per heavy atom. The molecule has 2 rings (SSSR count). The van der Waals surface area contributed by atoms with Crippen molar-refractivity contribution < 1.29 is 14.3 Å². The molecule has 0 bridgehead atoms. The number of rotatable bonds is 6. The van der Waals surface area contributed by atoms with Crippen LogP contribution in [0.5, 0.6) is 5.75 Å². The van der Waals surface area contributed by atoms with E-state index in [9.17, 15) is 4.79 Å². The van der Waals surface area contributed by atoms with Crippen molar-refractivity contribution in [2.24, 2.45) is 0 Å². The van der Waals surface area contributed by atoms with Crippen molar-refractivity contribution in [3.63, 3.8) is 0 Å². The first kappa shape index (κ1) is 14.0. The van der Waals surface area contributed by atoms with Crippen molar-refractivity contribution in [2.45, 2.75) is 19.4 Å². The van der Waals surface area contributed by atoms with E-state index in [4.69, 9.17) is 9.47 Å². The van der Waals surface area contributed by atoms with E-state index < -0.39 is 0 Å². The number of morpholine rings is 1. The lowest BCUT2D eigenvalue weighted by Crippen LogP contribution is -2.42. The molecule has 0 saturated carbocycles. The van der Waals surface area contributed by atoms with E-state index >= 15 is 0 Å². The second-order valence-corrected chi connectivity index (χ2v) is 4.82. The highest BCUT2D eigenvalue weighted by Gasteiger charge is 2.16. The fourth-order valence-electron chi connectivity index (χ4n) is 2.19. The minimum Gasteiger partial charge on any atom is -0.494 e. The Bertz CT molecular complexity index is 385. The molecular formula is C15H21NO3. The average Bonchev–Trinajstić information content (AvgIpc) is 2.49. The molecule has 0 spiro atoms. The minimum atomic E-state index is 0.512. The lowest BCUT2D eigenvalue weighted by Gasteiger charge is -2.32. The summed E-state index contributed by atoms with van der Waals surface area (Å²) in [5.74, 6) is 0.819. The molecule has 0 radical (unpaired) electrons. The van der Waals surface area contributed by atoms with Crippen LogP contribution in [0.3, 0.4) is 0 Å². The number of carbonyl (C=O) groups is 1. The zero-order chi connectivity index (χ0) is 13.5. The predicted molar refractivity (Wildman–Crippen MR) is 73.8 cm³/mol. The van der Waals surface area contributed by atoms with Crippen molar-refractivity contribution in [3.05, 3.63) is 29.8 Å². The number of aldehydes is 1. The smallest absolute Gasteiger partial charge is 0.150 e. The molecule has 0 aliphatic carbocycles. The number of ether oxygens (including phenoxy) is 2. The Morgan fingerprint density at radius 2 is 2.00 bits per heavy atom. The number of nitrogens with zero attached hydrogens (tertiary/aromatic N) is 1. The molecule has 1 fully saturated rings. The Hall–Kier alpha value is -1.39. The first-order valence-electron chi connectivity index (χ1n) is 6.79. The summed E-state index contributed by atoms with van der Waals surface area (Å²) in [6, 6.07) is 7.73. The van der Waals surface area contributed by atoms with Gasteiger partial charge in [0.25, 0.3) is 0 Å². The van der Waals surface area contributed by atoms with Gasteiger partial charge < -0.3 is 9.47 Å². The molecule has 4 heteroatoms. The molecular weight excluding hydrogens is 242 g/mol. The first-order chi connectivity index (χ1) is 9.29. The zero-order valence-corrected chi connectivity index (χ0v) is 11.4. The molecule has 1 aliphatic heterocycles. The Morgan fingerprint density at radius 3 is 2.63 bits per heavy atom. The SMILES string of the molecule is CC(CCOc1ccc(C=O)cc1)N1CCOCC1. The summed E-state index contributed by atoms with van der Waals surface area (Å²) < 4.78 is 11.0. The maximum Gasteiger partial charge on any atom is 0.150 e. The third kappa shape index (κ3) is 4.33. The van der Waals surface area contributed by atoms with E-state index in [2.05, 4.69) is 11.8 Å². The molecule has 1 atom stereocenters. The molecule has 1 heterocycles. The Kier molecular flexibility index (Phi) is 5.36. The van der Waals surface area contributed by atoms with Gasteiger partial charge in [0.05, 0.1) is 19.8 Å². The van der Waals surface area contributed by atoms with Gasteiger partial charge in [0.1, 0.15) is 12.0 Å². The standard InChI is InChI=1S/C15H21NO3/c1-13(16-7-10-18-11-8-16)6-9-19-15-4-2-14(12-17)3-5-15/h2-5,12-13H,6-11H2,1H3. The number of carbonyl (C=O) groups excluding carboxylic acids is 1. The van der Waals surface area contributed by atoms with Crippen LogP contribution < -0.4 is 4.74 Å². The molecule has 1 aliphatic rings. The van der Waals surface area contributed by atoms with Gasteiger partial charge in [-0.05, 0) is 37.6 Å². The molecule has 1 saturated heterocycles. The van der Waals surface area contributed by atoms with E-state index in [1.165, 1.54) is 0 Å². The van der Waals surface area contributed by atoms with Gasteiger partial charge in [-0.25, -0.2) is 0 Å². The Labute approximate surface area is 114 Å². The van der Waals surface area contributed by atoms with Crippen molar-refractivity contribution in [2.75, 3.05) is 32.9 Å². The molecule has 1 aromatic carbocycles. The van der Waals surface area contributed by atoms with Gasteiger partial charge in [-0.2, -0.15) is 0 Å². The second-order valence-electron chi connectivity index (χ2n) is 4.82. The summed E-state index contributed by atoms with van der Waals surface area (Å²) in [5, 5.41) is 0. The summed E-state index contributed by atoms with van der Waals surface area (Å²) in [4.78, 5) is 13.0. The number of hydrogen-bond acceptors (Lipinski definition) is 4. The Balaban J connectivity index is 1.71. The van der Waals surface area contributed by atoms with E-state index in [-0.39, 0.29) is 0 Å². The van der Waals surface area contributed by atoms with E-state index in [1.54, 1.807) is 12.1 Å². The molecule has 0 amide bonds. The fraction of sp³-hybridized carbons (Fsp3) is 0.533. The van der Waals surface area contributed by atoms with Crippen molar-refractivity contribution in [1.82, 2.24) is 4.90 Å². The summed E-state index contributed by atoms with van der Waals surface area (Å²) in [7, 11) is 0. The zero-order valence-electron chi connectivity index (χ0n) is 11.4. The second kappa shape index (κ2) is 7.26. The number of hydrogen-bond donors (Lipinski definition) is 0. The maximum atomic E-state index is 10.5. The molecule has 1 aromatic rings. The third-order valence-corrected chi connectivity index (χ3v) is 3.49. The van der Waals surface area contributed by atoms with Gasteiger partial charge >= 0.3 is 0 Å². The molecule has 0 N–H and O–H groups in total. The molecule has 19 heavy (non-hydrogen) atoms. The topological polar surface area (TPSA) is 38.8 Å². The van der Waals surface area contributed by atoms with Gasteiger partial charge in [-0.15, -0.1) is 0 Å². The van der Waals surface area contributed by atoms with Crippen LogP contribution in [-0.4, -0.2) is 50.1 Å². The van der Waals surface area contributed by atoms with Crippen LogP contribution in [-0.2, 0) is 4.74 Å². The van der Waals surface area contributed by atoms with Gasteiger partial charge in [0.15, 0.2) is 0 Å². The van der Waals surface area contributed by atoms with Crippen molar-refractivity contribution in [3.8, 4) is 5.75 Å². The van der Waals surface area contributed by atoms with Crippen molar-refractivity contribution in [1.29, 1.82) is 0 Å².